The van der Waals surface area contributed by atoms with Crippen molar-refractivity contribution >= 4 is 29.0 Å². The van der Waals surface area contributed by atoms with Crippen LogP contribution in [0.4, 0.5) is 5.69 Å². The maximum absolute atomic E-state index is 12.4. The minimum Gasteiger partial charge on any atom is -0.347 e. The van der Waals surface area contributed by atoms with Crippen LogP contribution in [-0.4, -0.2) is 15.4 Å². The van der Waals surface area contributed by atoms with Crippen LogP contribution in [0, 0.1) is 35.3 Å². The fourth-order valence-corrected chi connectivity index (χ4v) is 3.70. The molecule has 0 unspecified atom stereocenters. The number of aryl methyl sites for hydroxylation is 1. The summed E-state index contributed by atoms with van der Waals surface area (Å²) in [5.41, 5.74) is 2.97. The van der Waals surface area contributed by atoms with Gasteiger partial charge in [-0.25, -0.2) is 0 Å². The molecule has 29 heavy (non-hydrogen) atoms. The SMILES string of the molecule is Cc1cc(/C=C(\C#N)C(=O)NCc2cccs2)c(C)n1-c1cccc([N+](=O)[O-])c1. The molecule has 2 aromatic heterocycles. The predicted molar refractivity (Wildman–Crippen MR) is 112 cm³/mol. The number of nitro groups is 1. The molecule has 0 spiro atoms. The average Bonchev–Trinajstić information content (AvgIpc) is 3.32. The zero-order chi connectivity index (χ0) is 21.0. The van der Waals surface area contributed by atoms with E-state index in [1.165, 1.54) is 23.5 Å². The summed E-state index contributed by atoms with van der Waals surface area (Å²) in [7, 11) is 0. The Morgan fingerprint density at radius 2 is 2.10 bits per heavy atom. The number of nitrogens with one attached hydrogen (secondary N) is 1. The third-order valence-corrected chi connectivity index (χ3v) is 5.31. The molecule has 1 N–H and O–H groups in total. The first kappa shape index (κ1) is 20.0. The van der Waals surface area contributed by atoms with Gasteiger partial charge < -0.3 is 9.88 Å². The fraction of sp³-hybridized carbons (Fsp3) is 0.143. The molecule has 0 saturated heterocycles. The molecule has 7 nitrogen and oxygen atoms in total. The van der Waals surface area contributed by atoms with Gasteiger partial charge in [-0.3, -0.25) is 14.9 Å². The largest absolute Gasteiger partial charge is 0.347 e. The van der Waals surface area contributed by atoms with E-state index in [-0.39, 0.29) is 11.3 Å². The number of non-ortho nitro benzene ring substituents is 1. The number of nitriles is 1. The zero-order valence-electron chi connectivity index (χ0n) is 15.9. The Kier molecular flexibility index (Phi) is 5.90. The summed E-state index contributed by atoms with van der Waals surface area (Å²) in [5.74, 6) is -0.443. The maximum atomic E-state index is 12.4. The zero-order valence-corrected chi connectivity index (χ0v) is 16.7. The van der Waals surface area contributed by atoms with Crippen molar-refractivity contribution in [1.82, 2.24) is 9.88 Å². The Hall–Kier alpha value is -3.70. The van der Waals surface area contributed by atoms with Gasteiger partial charge in [0.1, 0.15) is 11.6 Å². The minimum absolute atomic E-state index is 0.000786. The lowest BCUT2D eigenvalue weighted by molar-refractivity contribution is -0.384. The monoisotopic (exact) mass is 406 g/mol. The molecule has 8 heteroatoms. The van der Waals surface area contributed by atoms with Gasteiger partial charge >= 0.3 is 0 Å². The van der Waals surface area contributed by atoms with Gasteiger partial charge in [-0.15, -0.1) is 11.3 Å². The number of hydrogen-bond donors (Lipinski definition) is 1. The molecule has 0 aliphatic carbocycles. The van der Waals surface area contributed by atoms with Crippen LogP contribution in [0.2, 0.25) is 0 Å². The van der Waals surface area contributed by atoms with E-state index in [4.69, 9.17) is 0 Å². The molecule has 0 fully saturated rings. The van der Waals surface area contributed by atoms with Crippen molar-refractivity contribution in [3.63, 3.8) is 0 Å². The fourth-order valence-electron chi connectivity index (χ4n) is 3.06. The third-order valence-electron chi connectivity index (χ3n) is 4.44. The van der Waals surface area contributed by atoms with Gasteiger partial charge in [-0.05, 0) is 49.1 Å². The number of hydrogen-bond acceptors (Lipinski definition) is 5. The van der Waals surface area contributed by atoms with Crippen LogP contribution in [-0.2, 0) is 11.3 Å². The van der Waals surface area contributed by atoms with E-state index in [1.54, 1.807) is 18.2 Å². The van der Waals surface area contributed by atoms with Gasteiger partial charge in [-0.1, -0.05) is 12.1 Å². The molecule has 0 atom stereocenters. The lowest BCUT2D eigenvalue weighted by atomic mass is 10.1. The Morgan fingerprint density at radius 3 is 2.76 bits per heavy atom. The smallest absolute Gasteiger partial charge is 0.271 e. The molecule has 0 bridgehead atoms. The van der Waals surface area contributed by atoms with Crippen LogP contribution in [0.25, 0.3) is 11.8 Å². The normalized spacial score (nSPS) is 11.1. The standard InChI is InChI=1S/C21H18N4O3S/c1-14-9-16(10-17(12-22)21(26)23-13-20-7-4-8-29-20)15(2)24(14)18-5-3-6-19(11-18)25(27)28/h3-11H,13H2,1-2H3,(H,23,26)/b17-10+. The number of benzene rings is 1. The van der Waals surface area contributed by atoms with E-state index in [9.17, 15) is 20.2 Å². The second-order valence-electron chi connectivity index (χ2n) is 6.37. The molecule has 3 rings (SSSR count). The van der Waals surface area contributed by atoms with E-state index in [1.807, 2.05) is 48.1 Å². The van der Waals surface area contributed by atoms with Crippen LogP contribution in [0.1, 0.15) is 21.8 Å². The van der Waals surface area contributed by atoms with Gasteiger partial charge in [0.2, 0.25) is 0 Å². The Labute approximate surface area is 171 Å². The molecule has 2 heterocycles. The predicted octanol–water partition coefficient (Wildman–Crippen LogP) is 4.29. The van der Waals surface area contributed by atoms with Gasteiger partial charge in [0.25, 0.3) is 11.6 Å². The Bertz CT molecular complexity index is 1140. The van der Waals surface area contributed by atoms with E-state index < -0.39 is 10.8 Å². The molecule has 0 saturated carbocycles. The number of amides is 1. The lowest BCUT2D eigenvalue weighted by Crippen LogP contribution is -2.23. The average molecular weight is 406 g/mol. The van der Waals surface area contributed by atoms with Crippen molar-refractivity contribution in [2.45, 2.75) is 20.4 Å². The quantitative estimate of drug-likeness (QED) is 0.286. The Morgan fingerprint density at radius 1 is 1.31 bits per heavy atom. The van der Waals surface area contributed by atoms with Crippen molar-refractivity contribution in [1.29, 1.82) is 5.26 Å². The number of aromatic nitrogens is 1. The summed E-state index contributed by atoms with van der Waals surface area (Å²) in [5, 5.41) is 25.2. The highest BCUT2D eigenvalue weighted by atomic mass is 32.1. The molecule has 146 valence electrons. The van der Waals surface area contributed by atoms with Crippen LogP contribution in [0.15, 0.2) is 53.4 Å². The molecule has 0 aliphatic rings. The number of carbonyl (C=O) groups excluding carboxylic acids is 1. The van der Waals surface area contributed by atoms with E-state index in [2.05, 4.69) is 5.32 Å². The topological polar surface area (TPSA) is 101 Å². The summed E-state index contributed by atoms with van der Waals surface area (Å²) in [6, 6.07) is 13.9. The second-order valence-corrected chi connectivity index (χ2v) is 7.40. The van der Waals surface area contributed by atoms with Crippen molar-refractivity contribution < 1.29 is 9.72 Å². The molecule has 3 aromatic rings. The number of nitrogens with zero attached hydrogens (tertiary/aromatic N) is 3. The summed E-state index contributed by atoms with van der Waals surface area (Å²) in [4.78, 5) is 24.0. The Balaban J connectivity index is 1.90. The highest BCUT2D eigenvalue weighted by Gasteiger charge is 2.15. The highest BCUT2D eigenvalue weighted by molar-refractivity contribution is 7.09. The van der Waals surface area contributed by atoms with Crippen LogP contribution < -0.4 is 5.32 Å². The first-order valence-electron chi connectivity index (χ1n) is 8.77. The van der Waals surface area contributed by atoms with Crippen molar-refractivity contribution in [2.75, 3.05) is 0 Å². The van der Waals surface area contributed by atoms with Crippen LogP contribution in [0.5, 0.6) is 0 Å². The number of rotatable bonds is 6. The van der Waals surface area contributed by atoms with Crippen LogP contribution >= 0.6 is 11.3 Å². The molecule has 0 aliphatic heterocycles. The van der Waals surface area contributed by atoms with Crippen molar-refractivity contribution in [2.24, 2.45) is 0 Å². The van der Waals surface area contributed by atoms with E-state index >= 15 is 0 Å². The van der Waals surface area contributed by atoms with Gasteiger partial charge in [0.05, 0.1) is 17.2 Å². The summed E-state index contributed by atoms with van der Waals surface area (Å²) >= 11 is 1.53. The number of nitro benzene ring substituents is 1. The number of thiophene rings is 1. The van der Waals surface area contributed by atoms with Crippen molar-refractivity contribution in [3.8, 4) is 11.8 Å². The van der Waals surface area contributed by atoms with E-state index in [0.717, 1.165) is 16.3 Å². The van der Waals surface area contributed by atoms with Crippen LogP contribution in [0.3, 0.4) is 0 Å². The molecule has 0 radical (unpaired) electrons. The summed E-state index contributed by atoms with van der Waals surface area (Å²) in [6.07, 6.45) is 1.54. The van der Waals surface area contributed by atoms with Gasteiger partial charge in [0, 0.05) is 28.4 Å². The maximum Gasteiger partial charge on any atom is 0.271 e. The minimum atomic E-state index is -0.443. The third kappa shape index (κ3) is 4.42. The van der Waals surface area contributed by atoms with Crippen molar-refractivity contribution in [3.05, 3.63) is 85.4 Å². The van der Waals surface area contributed by atoms with E-state index in [0.29, 0.717) is 17.8 Å². The first-order chi connectivity index (χ1) is 13.9. The highest BCUT2D eigenvalue weighted by Crippen LogP contribution is 2.25. The molecule has 1 aromatic carbocycles. The lowest BCUT2D eigenvalue weighted by Gasteiger charge is -2.09. The second kappa shape index (κ2) is 8.54. The van der Waals surface area contributed by atoms with Gasteiger partial charge in [0.15, 0.2) is 0 Å². The number of carbonyl (C=O) groups is 1. The molecular formula is C21H18N4O3S. The molecular weight excluding hydrogens is 388 g/mol. The first-order valence-corrected chi connectivity index (χ1v) is 9.65. The summed E-state index contributed by atoms with van der Waals surface area (Å²) < 4.78 is 1.86. The molecule has 1 amide bonds. The van der Waals surface area contributed by atoms with Gasteiger partial charge in [-0.2, -0.15) is 5.26 Å². The summed E-state index contributed by atoms with van der Waals surface area (Å²) in [6.45, 7) is 4.07.